The summed E-state index contributed by atoms with van der Waals surface area (Å²) in [5.41, 5.74) is 2.99. The maximum Gasteiger partial charge on any atom is 0.252 e. The van der Waals surface area contributed by atoms with E-state index < -0.39 is 0 Å². The second kappa shape index (κ2) is 4.14. The van der Waals surface area contributed by atoms with Gasteiger partial charge in [0.1, 0.15) is 0 Å². The van der Waals surface area contributed by atoms with Crippen LogP contribution in [0.2, 0.25) is 0 Å². The second-order valence-corrected chi connectivity index (χ2v) is 5.29. The summed E-state index contributed by atoms with van der Waals surface area (Å²) in [4.78, 5) is 11.8. The average Bonchev–Trinajstić information content (AvgIpc) is 2.68. The van der Waals surface area contributed by atoms with Gasteiger partial charge in [0.2, 0.25) is 0 Å². The van der Waals surface area contributed by atoms with Crippen LogP contribution in [0.1, 0.15) is 27.5 Å². The average molecular weight is 335 g/mol. The molecule has 3 rings (SSSR count). The monoisotopic (exact) mass is 335 g/mol. The Hall–Kier alpha value is -1.36. The highest BCUT2D eigenvalue weighted by Gasteiger charge is 2.28. The zero-order valence-electron chi connectivity index (χ0n) is 8.98. The van der Waals surface area contributed by atoms with Crippen molar-refractivity contribution in [1.29, 1.82) is 0 Å². The normalized spacial score (nSPS) is 17.7. The third-order valence-corrected chi connectivity index (χ3v) is 3.64. The first-order chi connectivity index (χ1) is 8.25. The molecule has 0 radical (unpaired) electrons. The van der Waals surface area contributed by atoms with Crippen LogP contribution in [0.5, 0.6) is 0 Å². The van der Waals surface area contributed by atoms with Crippen LogP contribution in [0.4, 0.5) is 0 Å². The molecule has 0 aliphatic carbocycles. The topological polar surface area (TPSA) is 29.1 Å². The highest BCUT2D eigenvalue weighted by Crippen LogP contribution is 2.31. The molecule has 0 aromatic heterocycles. The lowest BCUT2D eigenvalue weighted by atomic mass is 9.99. The van der Waals surface area contributed by atoms with Crippen molar-refractivity contribution in [3.8, 4) is 0 Å². The molecule has 3 heteroatoms. The van der Waals surface area contributed by atoms with Crippen molar-refractivity contribution in [2.45, 2.75) is 6.04 Å². The van der Waals surface area contributed by atoms with Crippen molar-refractivity contribution in [3.05, 3.63) is 68.8 Å². The van der Waals surface area contributed by atoms with Gasteiger partial charge in [0.15, 0.2) is 0 Å². The number of carbonyl (C=O) groups excluding carboxylic acids is 1. The molecule has 2 nitrogen and oxygen atoms in total. The number of carbonyl (C=O) groups is 1. The minimum absolute atomic E-state index is 0.00610. The summed E-state index contributed by atoms with van der Waals surface area (Å²) < 4.78 is 1.18. The first-order valence-electron chi connectivity index (χ1n) is 5.41. The largest absolute Gasteiger partial charge is 0.341 e. The van der Waals surface area contributed by atoms with Gasteiger partial charge in [-0.1, -0.05) is 30.3 Å². The number of benzene rings is 2. The van der Waals surface area contributed by atoms with Crippen LogP contribution in [0.25, 0.3) is 0 Å². The summed E-state index contributed by atoms with van der Waals surface area (Å²) in [6.45, 7) is 0. The van der Waals surface area contributed by atoms with Gasteiger partial charge in [0.25, 0.3) is 5.91 Å². The molecule has 17 heavy (non-hydrogen) atoms. The predicted molar refractivity (Wildman–Crippen MR) is 74.9 cm³/mol. The van der Waals surface area contributed by atoms with Gasteiger partial charge < -0.3 is 5.32 Å². The Morgan fingerprint density at radius 3 is 2.71 bits per heavy atom. The molecule has 0 fully saturated rings. The third kappa shape index (κ3) is 1.84. The standard InChI is InChI=1S/C14H10INO/c15-10-5-3-4-9(8-10)13-11-6-1-2-7-12(11)14(17)16-13/h1-8,13H,(H,16,17). The predicted octanol–water partition coefficient (Wildman–Crippen LogP) is 3.12. The van der Waals surface area contributed by atoms with Gasteiger partial charge in [0.05, 0.1) is 6.04 Å². The Labute approximate surface area is 113 Å². The molecule has 1 aliphatic rings. The van der Waals surface area contributed by atoms with Crippen LogP contribution in [0.3, 0.4) is 0 Å². The van der Waals surface area contributed by atoms with Crippen molar-refractivity contribution in [1.82, 2.24) is 5.32 Å². The molecule has 1 aliphatic heterocycles. The van der Waals surface area contributed by atoms with Gasteiger partial charge in [-0.15, -0.1) is 0 Å². The maximum atomic E-state index is 11.8. The van der Waals surface area contributed by atoms with Crippen LogP contribution in [-0.2, 0) is 0 Å². The highest BCUT2D eigenvalue weighted by atomic mass is 127. The molecule has 1 atom stereocenters. The lowest BCUT2D eigenvalue weighted by Crippen LogP contribution is -2.19. The third-order valence-electron chi connectivity index (χ3n) is 2.97. The number of nitrogens with one attached hydrogen (secondary N) is 1. The summed E-state index contributed by atoms with van der Waals surface area (Å²) in [5.74, 6) is 0.0180. The van der Waals surface area contributed by atoms with E-state index in [1.54, 1.807) is 0 Å². The molecular weight excluding hydrogens is 325 g/mol. The number of hydrogen-bond acceptors (Lipinski definition) is 1. The van der Waals surface area contributed by atoms with E-state index in [0.29, 0.717) is 0 Å². The molecule has 0 saturated carbocycles. The van der Waals surface area contributed by atoms with E-state index in [-0.39, 0.29) is 11.9 Å². The lowest BCUT2D eigenvalue weighted by Gasteiger charge is -2.12. The molecule has 0 spiro atoms. The van der Waals surface area contributed by atoms with E-state index in [9.17, 15) is 4.79 Å². The molecule has 0 saturated heterocycles. The number of hydrogen-bond donors (Lipinski definition) is 1. The summed E-state index contributed by atoms with van der Waals surface area (Å²) >= 11 is 2.28. The molecule has 1 N–H and O–H groups in total. The second-order valence-electron chi connectivity index (χ2n) is 4.05. The van der Waals surface area contributed by atoms with Crippen molar-refractivity contribution in [3.63, 3.8) is 0 Å². The van der Waals surface area contributed by atoms with Crippen molar-refractivity contribution >= 4 is 28.5 Å². The first-order valence-corrected chi connectivity index (χ1v) is 6.49. The summed E-state index contributed by atoms with van der Waals surface area (Å²) in [7, 11) is 0. The minimum atomic E-state index is -0.00610. The zero-order valence-corrected chi connectivity index (χ0v) is 11.1. The van der Waals surface area contributed by atoms with Crippen molar-refractivity contribution in [2.24, 2.45) is 0 Å². The minimum Gasteiger partial charge on any atom is -0.341 e. The summed E-state index contributed by atoms with van der Waals surface area (Å²) in [5, 5.41) is 3.02. The molecule has 2 aromatic rings. The smallest absolute Gasteiger partial charge is 0.252 e. The zero-order chi connectivity index (χ0) is 11.8. The van der Waals surface area contributed by atoms with E-state index in [2.05, 4.69) is 40.0 Å². The van der Waals surface area contributed by atoms with Gasteiger partial charge in [-0.3, -0.25) is 4.79 Å². The van der Waals surface area contributed by atoms with Crippen LogP contribution in [0.15, 0.2) is 48.5 Å². The molecule has 0 bridgehead atoms. The molecular formula is C14H10INO. The van der Waals surface area contributed by atoms with E-state index >= 15 is 0 Å². The number of fused-ring (bicyclic) bond motifs is 1. The number of rotatable bonds is 1. The van der Waals surface area contributed by atoms with Crippen LogP contribution in [-0.4, -0.2) is 5.91 Å². The van der Waals surface area contributed by atoms with E-state index in [4.69, 9.17) is 0 Å². The molecule has 1 amide bonds. The number of amides is 1. The fourth-order valence-electron chi connectivity index (χ4n) is 2.19. The van der Waals surface area contributed by atoms with E-state index in [1.165, 1.54) is 3.57 Å². The highest BCUT2D eigenvalue weighted by molar-refractivity contribution is 14.1. The van der Waals surface area contributed by atoms with E-state index in [1.807, 2.05) is 36.4 Å². The Kier molecular flexibility index (Phi) is 2.63. The SMILES string of the molecule is O=C1NC(c2cccc(I)c2)c2ccccc21. The van der Waals surface area contributed by atoms with Crippen LogP contribution in [0, 0.1) is 3.57 Å². The maximum absolute atomic E-state index is 11.8. The van der Waals surface area contributed by atoms with Crippen LogP contribution < -0.4 is 5.32 Å². The molecule has 84 valence electrons. The molecule has 1 heterocycles. The fraction of sp³-hybridized carbons (Fsp3) is 0.0714. The quantitative estimate of drug-likeness (QED) is 0.797. The lowest BCUT2D eigenvalue weighted by molar-refractivity contribution is 0.0960. The Morgan fingerprint density at radius 1 is 1.06 bits per heavy atom. The Bertz CT molecular complexity index is 594. The molecule has 2 aromatic carbocycles. The van der Waals surface area contributed by atoms with Crippen LogP contribution >= 0.6 is 22.6 Å². The van der Waals surface area contributed by atoms with Gasteiger partial charge >= 0.3 is 0 Å². The van der Waals surface area contributed by atoms with Crippen molar-refractivity contribution in [2.75, 3.05) is 0 Å². The van der Waals surface area contributed by atoms with Gasteiger partial charge in [-0.25, -0.2) is 0 Å². The van der Waals surface area contributed by atoms with Gasteiger partial charge in [0, 0.05) is 9.13 Å². The summed E-state index contributed by atoms with van der Waals surface area (Å²) in [6, 6.07) is 16.0. The Balaban J connectivity index is 2.10. The summed E-state index contributed by atoms with van der Waals surface area (Å²) in [6.07, 6.45) is 0. The fourth-order valence-corrected chi connectivity index (χ4v) is 2.76. The van der Waals surface area contributed by atoms with E-state index in [0.717, 1.165) is 16.7 Å². The first kappa shape index (κ1) is 10.8. The van der Waals surface area contributed by atoms with Gasteiger partial charge in [-0.05, 0) is 51.9 Å². The Morgan fingerprint density at radius 2 is 1.88 bits per heavy atom. The molecule has 1 unspecified atom stereocenters. The number of halogens is 1. The van der Waals surface area contributed by atoms with Crippen molar-refractivity contribution < 1.29 is 4.79 Å². The van der Waals surface area contributed by atoms with Gasteiger partial charge in [-0.2, -0.15) is 0 Å².